The molecule has 0 aromatic carbocycles. The molecule has 0 saturated carbocycles. The number of rotatable bonds is 4. The van der Waals surface area contributed by atoms with Crippen molar-refractivity contribution >= 4 is 11.8 Å². The van der Waals surface area contributed by atoms with Gasteiger partial charge in [-0.2, -0.15) is 5.10 Å². The predicted molar refractivity (Wildman–Crippen MR) is 84.4 cm³/mol. The van der Waals surface area contributed by atoms with E-state index in [1.807, 2.05) is 20.0 Å². The van der Waals surface area contributed by atoms with E-state index < -0.39 is 0 Å². The molecule has 0 bridgehead atoms. The van der Waals surface area contributed by atoms with Crippen molar-refractivity contribution in [1.82, 2.24) is 20.0 Å². The number of hydrogen-bond donors (Lipinski definition) is 2. The van der Waals surface area contributed by atoms with Crippen LogP contribution in [0.5, 0.6) is 0 Å². The van der Waals surface area contributed by atoms with Crippen LogP contribution in [-0.4, -0.2) is 46.4 Å². The van der Waals surface area contributed by atoms with Gasteiger partial charge in [0.25, 0.3) is 0 Å². The maximum Gasteiger partial charge on any atom is 0.320 e. The fourth-order valence-electron chi connectivity index (χ4n) is 2.88. The number of hydrogen-bond acceptors (Lipinski definition) is 3. The highest BCUT2D eigenvalue weighted by molar-refractivity contribution is 5.88. The lowest BCUT2D eigenvalue weighted by Gasteiger charge is -2.35. The molecule has 6 heteroatoms. The molecule has 1 saturated heterocycles. The SMILES string of the molecule is Cc1cc(NC(=O)NC[C@@H](C)N2CCC[C@H](C)C2)n(C)n1. The Bertz CT molecular complexity index is 484. The van der Waals surface area contributed by atoms with E-state index in [1.54, 1.807) is 4.68 Å². The van der Waals surface area contributed by atoms with Gasteiger partial charge >= 0.3 is 6.03 Å². The lowest BCUT2D eigenvalue weighted by atomic mass is 9.99. The second-order valence-corrected chi connectivity index (χ2v) is 6.22. The molecular formula is C15H27N5O. The summed E-state index contributed by atoms with van der Waals surface area (Å²) >= 11 is 0. The topological polar surface area (TPSA) is 62.2 Å². The summed E-state index contributed by atoms with van der Waals surface area (Å²) in [5.74, 6) is 1.47. The van der Waals surface area contributed by atoms with Crippen LogP contribution in [0.15, 0.2) is 6.07 Å². The van der Waals surface area contributed by atoms with E-state index in [1.165, 1.54) is 12.8 Å². The highest BCUT2D eigenvalue weighted by Crippen LogP contribution is 2.17. The van der Waals surface area contributed by atoms with Crippen LogP contribution in [0, 0.1) is 12.8 Å². The van der Waals surface area contributed by atoms with Crippen LogP contribution in [0.1, 0.15) is 32.4 Å². The van der Waals surface area contributed by atoms with Gasteiger partial charge in [-0.1, -0.05) is 6.92 Å². The number of anilines is 1. The molecule has 118 valence electrons. The molecule has 2 amide bonds. The third kappa shape index (κ3) is 4.46. The zero-order valence-corrected chi connectivity index (χ0v) is 13.5. The van der Waals surface area contributed by atoms with Crippen LogP contribution in [-0.2, 0) is 7.05 Å². The molecule has 1 aliphatic heterocycles. The second kappa shape index (κ2) is 6.93. The van der Waals surface area contributed by atoms with Crippen molar-refractivity contribution in [1.29, 1.82) is 0 Å². The molecule has 6 nitrogen and oxygen atoms in total. The van der Waals surface area contributed by atoms with Gasteiger partial charge in [-0.05, 0) is 39.2 Å². The molecule has 1 aromatic heterocycles. The lowest BCUT2D eigenvalue weighted by Crippen LogP contribution is -2.47. The summed E-state index contributed by atoms with van der Waals surface area (Å²) in [6.45, 7) is 9.30. The van der Waals surface area contributed by atoms with E-state index in [9.17, 15) is 4.79 Å². The Balaban J connectivity index is 1.77. The Morgan fingerprint density at radius 1 is 1.57 bits per heavy atom. The Kier molecular flexibility index (Phi) is 5.22. The van der Waals surface area contributed by atoms with Gasteiger partial charge in [0.1, 0.15) is 5.82 Å². The van der Waals surface area contributed by atoms with Crippen LogP contribution in [0.2, 0.25) is 0 Å². The fourth-order valence-corrected chi connectivity index (χ4v) is 2.88. The standard InChI is InChI=1S/C15H27N5O/c1-11-6-5-7-20(10-11)13(3)9-16-15(21)17-14-8-12(2)18-19(14)4/h8,11,13H,5-7,9-10H2,1-4H3,(H2,16,17,21)/t11-,13+/m0/s1. The first-order chi connectivity index (χ1) is 9.95. The number of carbonyl (C=O) groups excluding carboxylic acids is 1. The van der Waals surface area contributed by atoms with Crippen LogP contribution in [0.4, 0.5) is 10.6 Å². The first kappa shape index (κ1) is 15.8. The molecule has 21 heavy (non-hydrogen) atoms. The number of piperidine rings is 1. The predicted octanol–water partition coefficient (Wildman–Crippen LogP) is 1.97. The van der Waals surface area contributed by atoms with Crippen LogP contribution < -0.4 is 10.6 Å². The minimum atomic E-state index is -0.171. The van der Waals surface area contributed by atoms with Crippen molar-refractivity contribution in [3.63, 3.8) is 0 Å². The van der Waals surface area contributed by atoms with Crippen molar-refractivity contribution in [3.8, 4) is 0 Å². The number of urea groups is 1. The molecule has 2 atom stereocenters. The van der Waals surface area contributed by atoms with Gasteiger partial charge < -0.3 is 5.32 Å². The largest absolute Gasteiger partial charge is 0.336 e. The quantitative estimate of drug-likeness (QED) is 0.892. The van der Waals surface area contributed by atoms with Crippen LogP contribution >= 0.6 is 0 Å². The number of aryl methyl sites for hydroxylation is 2. The van der Waals surface area contributed by atoms with Crippen molar-refractivity contribution in [2.75, 3.05) is 25.0 Å². The summed E-state index contributed by atoms with van der Waals surface area (Å²) in [5, 5.41) is 9.98. The van der Waals surface area contributed by atoms with Gasteiger partial charge in [-0.15, -0.1) is 0 Å². The molecule has 0 spiro atoms. The number of likely N-dealkylation sites (tertiary alicyclic amines) is 1. The number of aromatic nitrogens is 2. The maximum absolute atomic E-state index is 11.9. The third-order valence-electron chi connectivity index (χ3n) is 4.11. The number of carbonyl (C=O) groups is 1. The summed E-state index contributed by atoms with van der Waals surface area (Å²) in [7, 11) is 1.82. The molecule has 1 fully saturated rings. The normalized spacial score (nSPS) is 21.0. The Hall–Kier alpha value is -1.56. The molecular weight excluding hydrogens is 266 g/mol. The summed E-state index contributed by atoms with van der Waals surface area (Å²) in [4.78, 5) is 14.4. The first-order valence-electron chi connectivity index (χ1n) is 7.75. The van der Waals surface area contributed by atoms with E-state index in [0.717, 1.165) is 24.7 Å². The van der Waals surface area contributed by atoms with Crippen LogP contribution in [0.3, 0.4) is 0 Å². The van der Waals surface area contributed by atoms with Gasteiger partial charge in [-0.25, -0.2) is 4.79 Å². The van der Waals surface area contributed by atoms with Crippen molar-refractivity contribution in [2.45, 2.75) is 39.7 Å². The first-order valence-corrected chi connectivity index (χ1v) is 7.75. The van der Waals surface area contributed by atoms with E-state index in [0.29, 0.717) is 18.4 Å². The van der Waals surface area contributed by atoms with E-state index >= 15 is 0 Å². The van der Waals surface area contributed by atoms with Gasteiger partial charge in [0, 0.05) is 32.2 Å². The molecule has 2 heterocycles. The molecule has 2 rings (SSSR count). The maximum atomic E-state index is 11.9. The van der Waals surface area contributed by atoms with Gasteiger partial charge in [0.2, 0.25) is 0 Å². The Morgan fingerprint density at radius 3 is 2.95 bits per heavy atom. The van der Waals surface area contributed by atoms with Gasteiger partial charge in [0.15, 0.2) is 0 Å². The zero-order valence-electron chi connectivity index (χ0n) is 13.5. The number of nitrogens with zero attached hydrogens (tertiary/aromatic N) is 3. The van der Waals surface area contributed by atoms with Gasteiger partial charge in [0.05, 0.1) is 5.69 Å². The minimum absolute atomic E-state index is 0.171. The van der Waals surface area contributed by atoms with E-state index in [-0.39, 0.29) is 6.03 Å². The Morgan fingerprint density at radius 2 is 2.33 bits per heavy atom. The highest BCUT2D eigenvalue weighted by atomic mass is 16.2. The molecule has 0 unspecified atom stereocenters. The van der Waals surface area contributed by atoms with Gasteiger partial charge in [-0.3, -0.25) is 14.9 Å². The van der Waals surface area contributed by atoms with Crippen LogP contribution in [0.25, 0.3) is 0 Å². The van der Waals surface area contributed by atoms with E-state index in [2.05, 4.69) is 34.5 Å². The average Bonchev–Trinajstić information content (AvgIpc) is 2.74. The van der Waals surface area contributed by atoms with Crippen molar-refractivity contribution < 1.29 is 4.79 Å². The third-order valence-corrected chi connectivity index (χ3v) is 4.11. The fraction of sp³-hybridized carbons (Fsp3) is 0.733. The Labute approximate surface area is 126 Å². The van der Waals surface area contributed by atoms with E-state index in [4.69, 9.17) is 0 Å². The summed E-state index contributed by atoms with van der Waals surface area (Å²) in [5.41, 5.74) is 0.892. The highest BCUT2D eigenvalue weighted by Gasteiger charge is 2.21. The average molecular weight is 293 g/mol. The van der Waals surface area contributed by atoms with Crippen molar-refractivity contribution in [3.05, 3.63) is 11.8 Å². The van der Waals surface area contributed by atoms with Crippen molar-refractivity contribution in [2.24, 2.45) is 13.0 Å². The zero-order chi connectivity index (χ0) is 15.4. The number of amides is 2. The second-order valence-electron chi connectivity index (χ2n) is 6.22. The molecule has 1 aromatic rings. The smallest absolute Gasteiger partial charge is 0.320 e. The summed E-state index contributed by atoms with van der Waals surface area (Å²) in [6, 6.07) is 2.05. The summed E-state index contributed by atoms with van der Waals surface area (Å²) < 4.78 is 1.67. The lowest BCUT2D eigenvalue weighted by molar-refractivity contribution is 0.138. The molecule has 0 aliphatic carbocycles. The number of nitrogens with one attached hydrogen (secondary N) is 2. The summed E-state index contributed by atoms with van der Waals surface area (Å²) in [6.07, 6.45) is 2.57. The molecule has 1 aliphatic rings. The minimum Gasteiger partial charge on any atom is -0.336 e. The molecule has 0 radical (unpaired) electrons. The monoisotopic (exact) mass is 293 g/mol. The molecule has 2 N–H and O–H groups in total.